The lowest BCUT2D eigenvalue weighted by molar-refractivity contribution is 0.0223. The number of hydrogen-bond donors (Lipinski definition) is 4. The number of benzene rings is 6. The van der Waals surface area contributed by atoms with Crippen molar-refractivity contribution in [3.8, 4) is 34.2 Å². The summed E-state index contributed by atoms with van der Waals surface area (Å²) in [7, 11) is 0. The Hall–Kier alpha value is -7.20. The summed E-state index contributed by atoms with van der Waals surface area (Å²) in [5.41, 5.74) is 14.1. The Morgan fingerprint density at radius 1 is 0.442 bits per heavy atom. The summed E-state index contributed by atoms with van der Waals surface area (Å²) in [5, 5.41) is 3.18. The summed E-state index contributed by atoms with van der Waals surface area (Å²) in [5.74, 6) is 2.72. The fourth-order valence-electron chi connectivity index (χ4n) is 9.65. The Balaban J connectivity index is 0.000000171. The van der Waals surface area contributed by atoms with Gasteiger partial charge in [0.25, 0.3) is 0 Å². The van der Waals surface area contributed by atoms with Gasteiger partial charge in [0.2, 0.25) is 0 Å². The van der Waals surface area contributed by atoms with Gasteiger partial charge in [0.05, 0.1) is 27.8 Å². The van der Waals surface area contributed by atoms with Gasteiger partial charge in [0.15, 0.2) is 0 Å². The van der Waals surface area contributed by atoms with Gasteiger partial charge < -0.3 is 44.4 Å². The minimum atomic E-state index is -0.476. The van der Waals surface area contributed by atoms with Crippen molar-refractivity contribution in [3.63, 3.8) is 0 Å². The highest BCUT2D eigenvalue weighted by molar-refractivity contribution is 9.10. The molecule has 9 aromatic rings. The topological polar surface area (TPSA) is 160 Å². The number of hydrogen-bond acceptors (Lipinski definition) is 9. The van der Waals surface area contributed by atoms with Gasteiger partial charge in [-0.05, 0) is 127 Å². The molecule has 2 fully saturated rings. The molecule has 5 heterocycles. The molecule has 2 aliphatic heterocycles. The number of piperazine rings is 2. The van der Waals surface area contributed by atoms with E-state index in [2.05, 4.69) is 222 Å². The van der Waals surface area contributed by atoms with Crippen LogP contribution in [0.5, 0.6) is 0 Å². The van der Waals surface area contributed by atoms with Gasteiger partial charge in [-0.15, -0.1) is 11.6 Å². The predicted molar refractivity (Wildman–Crippen MR) is 361 cm³/mol. The van der Waals surface area contributed by atoms with Gasteiger partial charge in [0.1, 0.15) is 39.7 Å². The van der Waals surface area contributed by atoms with Gasteiger partial charge in [-0.2, -0.15) is 0 Å². The Morgan fingerprint density at radius 3 is 1.23 bits per heavy atom. The molecule has 2 aliphatic rings. The zero-order valence-electron chi connectivity index (χ0n) is 53.4. The monoisotopic (exact) mass is 1250 g/mol. The molecule has 0 saturated carbocycles. The van der Waals surface area contributed by atoms with Crippen molar-refractivity contribution in [2.75, 3.05) is 63.6 Å². The second-order valence-corrected chi connectivity index (χ2v) is 27.6. The third kappa shape index (κ3) is 18.2. The van der Waals surface area contributed by atoms with Crippen LogP contribution in [0.3, 0.4) is 0 Å². The minimum Gasteiger partial charge on any atom is -0.444 e. The van der Waals surface area contributed by atoms with Crippen molar-refractivity contribution >= 4 is 78.5 Å². The number of aromatic amines is 3. The second kappa shape index (κ2) is 28.1. The molecule has 0 bridgehead atoms. The summed E-state index contributed by atoms with van der Waals surface area (Å²) >= 11 is 8.18. The van der Waals surface area contributed by atoms with E-state index in [4.69, 9.17) is 14.5 Å². The predicted octanol–water partition coefficient (Wildman–Crippen LogP) is 17.1. The quantitative estimate of drug-likeness (QED) is 0.126. The Morgan fingerprint density at radius 2 is 0.814 bits per heavy atom. The smallest absolute Gasteiger partial charge is 0.410 e. The second-order valence-electron chi connectivity index (χ2n) is 26.7. The van der Waals surface area contributed by atoms with Crippen molar-refractivity contribution in [1.82, 2.24) is 45.0 Å². The standard InChI is InChI=1S/C26H34N4O2.C17H17BrN2.C17H18N2.C9H18N2O2.CH3Cl/c1-25(2,3)19-12-10-18(11-13-19)23-27-20-8-7-9-21(22(20)28-23)29-14-16-30(17-15-29)24(31)32-26(4,5)6;1-17(2,3)12-9-7-11(8-10-12)16-19-14-6-4-5-13(18)15(14)20-16;1-17(2,3)13-10-8-12(9-11-13)16-18-14-6-4-5-7-15(14)19-16;1-9(2,3)13-8(12)11-6-4-10-5-7-11;1-2/h7-13H,14-17H2,1-6H3,(H,27,28);4-10H,1-3H3,(H,19,20);4-11H,1-3H3,(H,18,19);10H,4-7H2,1-3H3;1H3. The number of carbonyl (C=O) groups excluding carboxylic acids is 2. The van der Waals surface area contributed by atoms with Crippen molar-refractivity contribution in [1.29, 1.82) is 0 Å². The van der Waals surface area contributed by atoms with Crippen LogP contribution in [0.25, 0.3) is 67.3 Å². The van der Waals surface area contributed by atoms with Crippen LogP contribution >= 0.6 is 27.5 Å². The SMILES string of the molecule is CC(C)(C)OC(=O)N1CCN(c2cccc3[nH]c(-c4ccc(C(C)(C)C)cc4)nc23)CC1.CC(C)(C)OC(=O)N1CCNCC1.CC(C)(C)c1ccc(-c2nc3c(Br)cccc3[nH]2)cc1.CC(C)(C)c1ccc(-c2nc3ccccc3[nH]2)cc1.CCl. The van der Waals surface area contributed by atoms with Crippen LogP contribution in [0.1, 0.15) is 121 Å². The summed E-state index contributed by atoms with van der Waals surface area (Å²) < 4.78 is 11.8. The van der Waals surface area contributed by atoms with E-state index in [9.17, 15) is 9.59 Å². The molecule has 2 saturated heterocycles. The molecule has 0 atom stereocenters. The summed E-state index contributed by atoms with van der Waals surface area (Å²) in [6.07, 6.45) is 1.03. The van der Waals surface area contributed by atoms with E-state index in [0.29, 0.717) is 13.1 Å². The average Bonchev–Trinajstić information content (AvgIpc) is 3.02. The van der Waals surface area contributed by atoms with Gasteiger partial charge in [-0.1, -0.05) is 159 Å². The number of halogens is 2. The summed E-state index contributed by atoms with van der Waals surface area (Å²) in [6, 6.07) is 46.3. The van der Waals surface area contributed by atoms with Gasteiger partial charge in [-0.25, -0.2) is 24.5 Å². The first-order valence-electron chi connectivity index (χ1n) is 29.7. The van der Waals surface area contributed by atoms with Gasteiger partial charge >= 0.3 is 12.2 Å². The largest absolute Gasteiger partial charge is 0.444 e. The van der Waals surface area contributed by atoms with Crippen LogP contribution in [0.2, 0.25) is 0 Å². The van der Waals surface area contributed by atoms with E-state index < -0.39 is 5.60 Å². The number of alkyl halides is 1. The molecule has 11 rings (SSSR count). The van der Waals surface area contributed by atoms with Crippen molar-refractivity contribution in [3.05, 3.63) is 155 Å². The fraction of sp³-hybridized carbons (Fsp3) is 0.414. The zero-order valence-corrected chi connectivity index (χ0v) is 55.8. The molecule has 4 N–H and O–H groups in total. The number of anilines is 1. The van der Waals surface area contributed by atoms with Crippen LogP contribution < -0.4 is 10.2 Å². The third-order valence-electron chi connectivity index (χ3n) is 14.5. The van der Waals surface area contributed by atoms with E-state index in [1.165, 1.54) is 23.1 Å². The van der Waals surface area contributed by atoms with Crippen LogP contribution in [0.15, 0.2) is 138 Å². The first kappa shape index (κ1) is 66.3. The number of aromatic nitrogens is 6. The lowest BCUT2D eigenvalue weighted by Gasteiger charge is -2.36. The Labute approximate surface area is 523 Å². The number of nitrogens with zero attached hydrogens (tertiary/aromatic N) is 6. The molecule has 16 heteroatoms. The average molecular weight is 1250 g/mol. The lowest BCUT2D eigenvalue weighted by atomic mass is 9.87. The number of ether oxygens (including phenoxy) is 2. The van der Waals surface area contributed by atoms with E-state index in [0.717, 1.165) is 117 Å². The van der Waals surface area contributed by atoms with Crippen LogP contribution in [0.4, 0.5) is 15.3 Å². The number of fused-ring (bicyclic) bond motifs is 3. The highest BCUT2D eigenvalue weighted by atomic mass is 79.9. The van der Waals surface area contributed by atoms with E-state index in [1.807, 2.05) is 77.9 Å². The zero-order chi connectivity index (χ0) is 62.8. The molecular formula is C70H90BrClN10O4. The molecule has 2 amide bonds. The molecule has 0 aliphatic carbocycles. The maximum atomic E-state index is 12.4. The highest BCUT2D eigenvalue weighted by Crippen LogP contribution is 2.33. The normalized spacial score (nSPS) is 14.0. The number of rotatable bonds is 4. The molecular weight excluding hydrogens is 1160 g/mol. The number of carbonyl (C=O) groups is 2. The molecule has 3 aromatic heterocycles. The van der Waals surface area contributed by atoms with E-state index in [-0.39, 0.29) is 34.0 Å². The van der Waals surface area contributed by atoms with Gasteiger partial charge in [0, 0.05) is 79.9 Å². The maximum absolute atomic E-state index is 12.4. The van der Waals surface area contributed by atoms with Crippen molar-refractivity contribution < 1.29 is 19.1 Å². The number of imidazole rings is 3. The molecule has 6 aromatic carbocycles. The minimum absolute atomic E-state index is 0.126. The first-order valence-corrected chi connectivity index (χ1v) is 31.2. The Kier molecular flexibility index (Phi) is 21.7. The van der Waals surface area contributed by atoms with Crippen LogP contribution in [0, 0.1) is 0 Å². The number of amides is 2. The molecule has 0 unspecified atom stereocenters. The molecule has 86 heavy (non-hydrogen) atoms. The number of para-hydroxylation sites is 4. The van der Waals surface area contributed by atoms with Crippen LogP contribution in [-0.2, 0) is 25.7 Å². The lowest BCUT2D eigenvalue weighted by Crippen LogP contribution is -2.50. The maximum Gasteiger partial charge on any atom is 0.410 e. The van der Waals surface area contributed by atoms with E-state index >= 15 is 0 Å². The van der Waals surface area contributed by atoms with E-state index in [1.54, 1.807) is 9.80 Å². The number of nitrogens with one attached hydrogen (secondary N) is 4. The third-order valence-corrected chi connectivity index (χ3v) is 15.1. The number of H-pyrrole nitrogens is 3. The van der Waals surface area contributed by atoms with Crippen molar-refractivity contribution in [2.24, 2.45) is 0 Å². The summed E-state index contributed by atoms with van der Waals surface area (Å²) in [6.45, 7) is 37.3. The van der Waals surface area contributed by atoms with Crippen molar-refractivity contribution in [2.45, 2.75) is 131 Å². The fourth-order valence-corrected chi connectivity index (χ4v) is 10.1. The summed E-state index contributed by atoms with van der Waals surface area (Å²) in [4.78, 5) is 54.1. The van der Waals surface area contributed by atoms with Crippen LogP contribution in [-0.4, -0.2) is 122 Å². The molecule has 0 spiro atoms. The molecule has 14 nitrogen and oxygen atoms in total. The molecule has 458 valence electrons. The first-order chi connectivity index (χ1) is 40.5. The highest BCUT2D eigenvalue weighted by Gasteiger charge is 2.28. The Bertz CT molecular complexity index is 3600. The molecule has 0 radical (unpaired) electrons. The van der Waals surface area contributed by atoms with Gasteiger partial charge in [-0.3, -0.25) is 0 Å².